The van der Waals surface area contributed by atoms with Crippen LogP contribution in [0.4, 0.5) is 11.4 Å². The van der Waals surface area contributed by atoms with E-state index >= 15 is 0 Å². The zero-order valence-corrected chi connectivity index (χ0v) is 31.1. The van der Waals surface area contributed by atoms with Crippen LogP contribution in [0, 0.1) is 0 Å². The lowest BCUT2D eigenvalue weighted by atomic mass is 9.36. The second kappa shape index (κ2) is 17.6. The van der Waals surface area contributed by atoms with Crippen LogP contribution in [0.3, 0.4) is 0 Å². The van der Waals surface area contributed by atoms with Crippen molar-refractivity contribution in [3.05, 3.63) is 138 Å². The van der Waals surface area contributed by atoms with Crippen molar-refractivity contribution in [2.75, 3.05) is 5.32 Å². The van der Waals surface area contributed by atoms with Gasteiger partial charge >= 0.3 is 0 Å². The van der Waals surface area contributed by atoms with E-state index in [9.17, 15) is 0 Å². The summed E-state index contributed by atoms with van der Waals surface area (Å²) in [5.74, 6) is 0.590. The van der Waals surface area contributed by atoms with E-state index < -0.39 is 0 Å². The van der Waals surface area contributed by atoms with Gasteiger partial charge in [0.2, 0.25) is 6.71 Å². The third-order valence-corrected chi connectivity index (χ3v) is 10.3. The van der Waals surface area contributed by atoms with Crippen molar-refractivity contribution in [1.29, 1.82) is 0 Å². The van der Waals surface area contributed by atoms with Gasteiger partial charge in [0.05, 0.1) is 0 Å². The molecule has 252 valence electrons. The average molecular weight is 646 g/mol. The van der Waals surface area contributed by atoms with Gasteiger partial charge in [-0.3, -0.25) is 0 Å². The first kappa shape index (κ1) is 36.3. The second-order valence-corrected chi connectivity index (χ2v) is 15.2. The fourth-order valence-electron chi connectivity index (χ4n) is 6.96. The van der Waals surface area contributed by atoms with Gasteiger partial charge in [0.1, 0.15) is 0 Å². The number of hydrogen-bond donors (Lipinski definition) is 1. The molecule has 0 saturated heterocycles. The van der Waals surface area contributed by atoms with Crippen molar-refractivity contribution in [1.82, 2.24) is 0 Å². The molecule has 5 aromatic carbocycles. The van der Waals surface area contributed by atoms with Gasteiger partial charge in [-0.15, -0.1) is 0 Å². The highest BCUT2D eigenvalue weighted by Crippen LogP contribution is 2.22. The minimum absolute atomic E-state index is 0.113. The Hall–Kier alpha value is -3.97. The summed E-state index contributed by atoms with van der Waals surface area (Å²) in [4.78, 5) is 0. The molecular formula is C46H57B2N. The van der Waals surface area contributed by atoms with Gasteiger partial charge in [-0.05, 0) is 64.9 Å². The van der Waals surface area contributed by atoms with E-state index in [4.69, 9.17) is 0 Å². The molecule has 1 unspecified atom stereocenters. The fraction of sp³-hybridized carbons (Fsp3) is 0.348. The molecule has 5 aromatic rings. The molecule has 0 bridgehead atoms. The molecular weight excluding hydrogens is 588 g/mol. The van der Waals surface area contributed by atoms with E-state index in [2.05, 4.69) is 168 Å². The topological polar surface area (TPSA) is 12.0 Å². The van der Waals surface area contributed by atoms with E-state index in [1.165, 1.54) is 93.9 Å². The van der Waals surface area contributed by atoms with E-state index in [-0.39, 0.29) is 12.1 Å². The van der Waals surface area contributed by atoms with Gasteiger partial charge in [0.15, 0.2) is 7.28 Å². The molecule has 0 aliphatic heterocycles. The molecule has 0 radical (unpaired) electrons. The second-order valence-electron chi connectivity index (χ2n) is 15.2. The Bertz CT molecular complexity index is 1720. The first-order valence-electron chi connectivity index (χ1n) is 19.0. The van der Waals surface area contributed by atoms with Crippen LogP contribution < -0.4 is 32.6 Å². The summed E-state index contributed by atoms with van der Waals surface area (Å²) < 4.78 is 0. The number of rotatable bonds is 16. The van der Waals surface area contributed by atoms with Crippen molar-refractivity contribution in [2.45, 2.75) is 104 Å². The van der Waals surface area contributed by atoms with Crippen LogP contribution in [0.2, 0.25) is 0 Å². The molecule has 1 atom stereocenters. The number of unbranched alkanes of at least 4 members (excludes halogenated alkanes) is 5. The van der Waals surface area contributed by atoms with Crippen LogP contribution in [-0.4, -0.2) is 14.0 Å². The summed E-state index contributed by atoms with van der Waals surface area (Å²) in [6.45, 7) is 13.9. The molecule has 0 saturated carbocycles. The first-order chi connectivity index (χ1) is 23.8. The molecule has 0 aliphatic rings. The third-order valence-electron chi connectivity index (χ3n) is 10.3. The molecule has 0 heterocycles. The number of anilines is 2. The summed E-state index contributed by atoms with van der Waals surface area (Å²) >= 11 is 0. The maximum atomic E-state index is 3.97. The third kappa shape index (κ3) is 10.0. The fourth-order valence-corrected chi connectivity index (χ4v) is 6.96. The molecule has 0 aliphatic carbocycles. The van der Waals surface area contributed by atoms with Crippen LogP contribution in [-0.2, 0) is 11.8 Å². The van der Waals surface area contributed by atoms with Crippen LogP contribution in [0.5, 0.6) is 0 Å². The van der Waals surface area contributed by atoms with E-state index in [1.807, 2.05) is 0 Å². The van der Waals surface area contributed by atoms with Gasteiger partial charge in [-0.2, -0.15) is 0 Å². The van der Waals surface area contributed by atoms with E-state index in [1.54, 1.807) is 0 Å². The van der Waals surface area contributed by atoms with Gasteiger partial charge in [0.25, 0.3) is 0 Å². The first-order valence-corrected chi connectivity index (χ1v) is 19.0. The summed E-state index contributed by atoms with van der Waals surface area (Å²) in [5.41, 5.74) is 13.3. The van der Waals surface area contributed by atoms with Crippen molar-refractivity contribution >= 4 is 52.7 Å². The lowest BCUT2D eigenvalue weighted by molar-refractivity contribution is 0.590. The summed E-state index contributed by atoms with van der Waals surface area (Å²) in [6, 6.07) is 45.8. The maximum Gasteiger partial charge on any atom is 0.243 e. The molecule has 49 heavy (non-hydrogen) atoms. The zero-order valence-electron chi connectivity index (χ0n) is 31.1. The van der Waals surface area contributed by atoms with Gasteiger partial charge in [-0.25, -0.2) is 0 Å². The monoisotopic (exact) mass is 645 g/mol. The summed E-state index contributed by atoms with van der Waals surface area (Å²) in [7, 11) is 0.895. The summed E-state index contributed by atoms with van der Waals surface area (Å²) in [5, 5.41) is 3.97. The Kier molecular flexibility index (Phi) is 13.1. The van der Waals surface area contributed by atoms with Crippen LogP contribution in [0.1, 0.15) is 109 Å². The largest absolute Gasteiger partial charge is 0.356 e. The molecule has 0 aromatic heterocycles. The average Bonchev–Trinajstić information content (AvgIpc) is 3.12. The van der Waals surface area contributed by atoms with Gasteiger partial charge in [0, 0.05) is 11.4 Å². The Balaban J connectivity index is 1.52. The van der Waals surface area contributed by atoms with E-state index in [0.29, 0.717) is 5.92 Å². The molecule has 0 fully saturated rings. The van der Waals surface area contributed by atoms with Crippen molar-refractivity contribution in [2.24, 2.45) is 0 Å². The highest BCUT2D eigenvalue weighted by molar-refractivity contribution is 6.96. The number of para-hydroxylation sites is 1. The van der Waals surface area contributed by atoms with Crippen LogP contribution >= 0.6 is 0 Å². The standard InChI is InChI=1S/C46H57B2N/c1-7-9-10-11-12-14-19-36-24-33-45(49-44-23-18-17-22-42(44)47-39-29-25-37(26-30-39)35(3)8-2)43(34-36)48(40-20-15-13-16-21-40)41-31-27-38(28-32-41)46(4,5)6/h13,15-18,20-35,47,49H,7-12,14,19H2,1-6H3. The summed E-state index contributed by atoms with van der Waals surface area (Å²) in [6.07, 6.45) is 10.2. The van der Waals surface area contributed by atoms with Crippen molar-refractivity contribution in [3.8, 4) is 0 Å². The van der Waals surface area contributed by atoms with Crippen LogP contribution in [0.15, 0.2) is 121 Å². The highest BCUT2D eigenvalue weighted by Gasteiger charge is 2.26. The van der Waals surface area contributed by atoms with E-state index in [0.717, 1.165) is 20.1 Å². The van der Waals surface area contributed by atoms with Crippen LogP contribution in [0.25, 0.3) is 0 Å². The number of nitrogens with one attached hydrogen (secondary N) is 1. The zero-order chi connectivity index (χ0) is 34.6. The highest BCUT2D eigenvalue weighted by atomic mass is 14.9. The molecule has 0 amide bonds. The molecule has 5 rings (SSSR count). The van der Waals surface area contributed by atoms with Gasteiger partial charge in [-0.1, -0.05) is 205 Å². The lowest BCUT2D eigenvalue weighted by Crippen LogP contribution is -2.52. The molecule has 0 spiro atoms. The minimum Gasteiger partial charge on any atom is -0.356 e. The Morgan fingerprint density at radius 3 is 2.00 bits per heavy atom. The number of hydrogen-bond acceptors (Lipinski definition) is 1. The lowest BCUT2D eigenvalue weighted by Gasteiger charge is -2.24. The van der Waals surface area contributed by atoms with Gasteiger partial charge < -0.3 is 5.32 Å². The molecule has 3 heteroatoms. The smallest absolute Gasteiger partial charge is 0.243 e. The predicted molar refractivity (Wildman–Crippen MR) is 221 cm³/mol. The Morgan fingerprint density at radius 2 is 1.31 bits per heavy atom. The Morgan fingerprint density at radius 1 is 0.653 bits per heavy atom. The number of benzene rings is 5. The SMILES string of the molecule is CCCCCCCCc1ccc(Nc2ccccc2Bc2ccc(C(C)CC)cc2)c(B(c2ccccc2)c2ccc(C(C)(C)C)cc2)c1. The Labute approximate surface area is 299 Å². The molecule has 1 nitrogen and oxygen atoms in total. The normalized spacial score (nSPS) is 12.0. The molecule has 1 N–H and O–H groups in total. The number of aryl methyl sites for hydroxylation is 1. The quantitative estimate of drug-likeness (QED) is 0.0835. The predicted octanol–water partition coefficient (Wildman–Crippen LogP) is 9.05. The van der Waals surface area contributed by atoms with Crippen molar-refractivity contribution < 1.29 is 0 Å². The van der Waals surface area contributed by atoms with Crippen molar-refractivity contribution in [3.63, 3.8) is 0 Å². The minimum atomic E-state index is 0.113. The maximum absolute atomic E-state index is 3.97.